The average Bonchev–Trinajstić information content (AvgIpc) is 3.18. The maximum atomic E-state index is 14.5. The molecule has 0 atom stereocenters. The van der Waals surface area contributed by atoms with E-state index < -0.39 is 23.1 Å². The number of alkyl halides is 3. The molecule has 0 N–H and O–H groups in total. The van der Waals surface area contributed by atoms with Crippen LogP contribution in [0.5, 0.6) is 0 Å². The summed E-state index contributed by atoms with van der Waals surface area (Å²) >= 11 is 14.1. The quantitative estimate of drug-likeness (QED) is 0.161. The molecule has 0 saturated carbocycles. The molecule has 5 nitrogen and oxygen atoms in total. The van der Waals surface area contributed by atoms with E-state index in [4.69, 9.17) is 23.2 Å². The minimum Gasteiger partial charge on any atom is -0.265 e. The van der Waals surface area contributed by atoms with E-state index in [9.17, 15) is 22.4 Å². The van der Waals surface area contributed by atoms with Crippen molar-refractivity contribution in [3.05, 3.63) is 104 Å². The van der Waals surface area contributed by atoms with E-state index in [-0.39, 0.29) is 23.5 Å². The van der Waals surface area contributed by atoms with E-state index in [0.717, 1.165) is 21.7 Å². The summed E-state index contributed by atoms with van der Waals surface area (Å²) in [5, 5.41) is 9.62. The Balaban J connectivity index is 1.65. The fraction of sp³-hybridized carbons (Fsp3) is 0.115. The first-order valence-corrected chi connectivity index (χ1v) is 13.0. The van der Waals surface area contributed by atoms with Crippen LogP contribution < -0.4 is 5.56 Å². The molecule has 2 aliphatic rings. The van der Waals surface area contributed by atoms with Crippen LogP contribution in [0.2, 0.25) is 10.0 Å². The molecular formula is C26H16Cl2F4N4OS. The van der Waals surface area contributed by atoms with Gasteiger partial charge in [-0.2, -0.15) is 23.4 Å². The molecule has 0 radical (unpaired) electrons. The molecule has 12 heteroatoms. The van der Waals surface area contributed by atoms with Gasteiger partial charge in [0.25, 0.3) is 5.56 Å². The molecule has 0 spiro atoms. The van der Waals surface area contributed by atoms with E-state index in [1.54, 1.807) is 40.7 Å². The second kappa shape index (κ2) is 10.1. The Morgan fingerprint density at radius 2 is 1.68 bits per heavy atom. The lowest BCUT2D eigenvalue weighted by Crippen LogP contribution is -2.20. The van der Waals surface area contributed by atoms with Crippen molar-refractivity contribution in [2.24, 2.45) is 0 Å². The zero-order chi connectivity index (χ0) is 27.2. The topological polar surface area (TPSA) is 52.7 Å². The number of fused-ring (bicyclic) bond motifs is 1. The summed E-state index contributed by atoms with van der Waals surface area (Å²) in [5.41, 5.74) is 0.0852. The van der Waals surface area contributed by atoms with Crippen LogP contribution in [0.3, 0.4) is 0 Å². The van der Waals surface area contributed by atoms with Gasteiger partial charge in [0, 0.05) is 21.0 Å². The summed E-state index contributed by atoms with van der Waals surface area (Å²) in [6.45, 7) is -0.376. The highest BCUT2D eigenvalue weighted by Gasteiger charge is 2.31. The molecule has 0 fully saturated rings. The lowest BCUT2D eigenvalue weighted by molar-refractivity contribution is -0.137. The highest BCUT2D eigenvalue weighted by molar-refractivity contribution is 7.98. The van der Waals surface area contributed by atoms with Crippen LogP contribution >= 0.6 is 35.0 Å². The third kappa shape index (κ3) is 5.03. The molecule has 5 rings (SSSR count). The Labute approximate surface area is 228 Å². The summed E-state index contributed by atoms with van der Waals surface area (Å²) in [6.07, 6.45) is -2.74. The smallest absolute Gasteiger partial charge is 0.265 e. The monoisotopic (exact) mass is 578 g/mol. The van der Waals surface area contributed by atoms with Crippen LogP contribution in [0.4, 0.5) is 17.6 Å². The molecule has 0 aromatic heterocycles. The molecule has 0 unspecified atom stereocenters. The number of halogens is 6. The summed E-state index contributed by atoms with van der Waals surface area (Å²) < 4.78 is 55.7. The van der Waals surface area contributed by atoms with Crippen LogP contribution in [0.15, 0.2) is 76.4 Å². The fourth-order valence-corrected chi connectivity index (χ4v) is 4.83. The van der Waals surface area contributed by atoms with Gasteiger partial charge in [-0.1, -0.05) is 29.3 Å². The Kier molecular flexibility index (Phi) is 6.97. The van der Waals surface area contributed by atoms with Crippen LogP contribution in [-0.2, 0) is 12.7 Å². The van der Waals surface area contributed by atoms with Crippen molar-refractivity contribution in [1.82, 2.24) is 19.6 Å². The van der Waals surface area contributed by atoms with Crippen LogP contribution in [0.25, 0.3) is 28.3 Å². The molecule has 2 heterocycles. The fourth-order valence-electron chi connectivity index (χ4n) is 3.92. The third-order valence-electron chi connectivity index (χ3n) is 5.83. The van der Waals surface area contributed by atoms with Gasteiger partial charge in [-0.3, -0.25) is 4.79 Å². The summed E-state index contributed by atoms with van der Waals surface area (Å²) in [5.74, 6) is -1.09. The predicted octanol–water partition coefficient (Wildman–Crippen LogP) is 7.44. The maximum Gasteiger partial charge on any atom is 0.416 e. The van der Waals surface area contributed by atoms with Crippen LogP contribution in [0.1, 0.15) is 11.1 Å². The molecule has 0 bridgehead atoms. The molecule has 2 aliphatic heterocycles. The Morgan fingerprint density at radius 3 is 2.32 bits per heavy atom. The minimum absolute atomic E-state index is 0.0000916. The van der Waals surface area contributed by atoms with Gasteiger partial charge in [0.05, 0.1) is 28.5 Å². The first-order chi connectivity index (χ1) is 18.0. The van der Waals surface area contributed by atoms with Gasteiger partial charge in [-0.25, -0.2) is 13.8 Å². The third-order valence-corrected chi connectivity index (χ3v) is 7.13. The minimum atomic E-state index is -4.69. The normalized spacial score (nSPS) is 11.9. The van der Waals surface area contributed by atoms with Crippen molar-refractivity contribution in [3.63, 3.8) is 0 Å². The summed E-state index contributed by atoms with van der Waals surface area (Å²) in [4.78, 5) is 14.2. The van der Waals surface area contributed by atoms with Gasteiger partial charge in [0.15, 0.2) is 5.69 Å². The number of nitrogens with zero attached hydrogens (tertiary/aromatic N) is 4. The van der Waals surface area contributed by atoms with Gasteiger partial charge < -0.3 is 0 Å². The first kappa shape index (κ1) is 26.3. The molecule has 3 aromatic carbocycles. The maximum absolute atomic E-state index is 14.5. The summed E-state index contributed by atoms with van der Waals surface area (Å²) in [6, 6.07) is 16.2. The van der Waals surface area contributed by atoms with Crippen LogP contribution in [0, 0.1) is 5.82 Å². The molecule has 0 saturated heterocycles. The van der Waals surface area contributed by atoms with E-state index in [0.29, 0.717) is 33.1 Å². The van der Waals surface area contributed by atoms with Crippen molar-refractivity contribution in [1.29, 1.82) is 0 Å². The van der Waals surface area contributed by atoms with E-state index in [2.05, 4.69) is 10.2 Å². The molecule has 0 amide bonds. The van der Waals surface area contributed by atoms with Crippen molar-refractivity contribution in [2.75, 3.05) is 6.26 Å². The van der Waals surface area contributed by atoms with Crippen molar-refractivity contribution in [3.8, 4) is 28.3 Å². The number of aromatic nitrogens is 4. The molecule has 0 aliphatic carbocycles. The van der Waals surface area contributed by atoms with Gasteiger partial charge >= 0.3 is 6.18 Å². The van der Waals surface area contributed by atoms with Gasteiger partial charge in [-0.15, -0.1) is 11.8 Å². The Hall–Kier alpha value is -3.34. The molecule has 194 valence electrons. The van der Waals surface area contributed by atoms with Gasteiger partial charge in [-0.05, 0) is 66.9 Å². The second-order valence-corrected chi connectivity index (χ2v) is 9.99. The average molecular weight is 579 g/mol. The SMILES string of the molecule is CSc1ccc(-n2nc3c(=O)n(Cc4ccc(C(F)(F)F)cc4F)nc-3cc2-c2ccc(Cl)cc2Cl)cc1. The van der Waals surface area contributed by atoms with Gasteiger partial charge in [0.2, 0.25) is 0 Å². The van der Waals surface area contributed by atoms with Crippen LogP contribution in [-0.4, -0.2) is 25.8 Å². The molecular weight excluding hydrogens is 563 g/mol. The zero-order valence-corrected chi connectivity index (χ0v) is 21.8. The van der Waals surface area contributed by atoms with E-state index in [1.165, 1.54) is 0 Å². The predicted molar refractivity (Wildman–Crippen MR) is 140 cm³/mol. The Morgan fingerprint density at radius 1 is 0.947 bits per heavy atom. The van der Waals surface area contributed by atoms with Gasteiger partial charge in [0.1, 0.15) is 11.5 Å². The lowest BCUT2D eigenvalue weighted by atomic mass is 10.1. The Bertz CT molecular complexity index is 1680. The highest BCUT2D eigenvalue weighted by Crippen LogP contribution is 2.34. The highest BCUT2D eigenvalue weighted by atomic mass is 35.5. The second-order valence-electron chi connectivity index (χ2n) is 8.26. The standard InChI is InChI=1S/C26H16Cl2F4N4OS/c1-38-18-7-5-17(6-8-18)36-23(19-9-4-16(27)11-20(19)28)12-22-24(34-36)25(37)35(33-22)13-14-2-3-15(10-21(14)29)26(30,31)32/h2-12H,13H2,1H3. The van der Waals surface area contributed by atoms with E-state index >= 15 is 0 Å². The number of benzene rings is 3. The molecule has 3 aromatic rings. The van der Waals surface area contributed by atoms with E-state index in [1.807, 2.05) is 30.5 Å². The largest absolute Gasteiger partial charge is 0.416 e. The molecule has 38 heavy (non-hydrogen) atoms. The first-order valence-electron chi connectivity index (χ1n) is 11.0. The summed E-state index contributed by atoms with van der Waals surface area (Å²) in [7, 11) is 0. The number of hydrogen-bond donors (Lipinski definition) is 0. The van der Waals surface area contributed by atoms with Crippen molar-refractivity contribution in [2.45, 2.75) is 17.6 Å². The van der Waals surface area contributed by atoms with Crippen molar-refractivity contribution >= 4 is 35.0 Å². The van der Waals surface area contributed by atoms with Crippen molar-refractivity contribution < 1.29 is 17.6 Å². The zero-order valence-electron chi connectivity index (χ0n) is 19.4. The lowest BCUT2D eigenvalue weighted by Gasteiger charge is -2.15. The number of thioether (sulfide) groups is 1. The number of rotatable bonds is 5. The number of hydrogen-bond acceptors (Lipinski definition) is 4.